The Morgan fingerprint density at radius 1 is 0.984 bits per heavy atom. The molecule has 1 aromatic carbocycles. The summed E-state index contributed by atoms with van der Waals surface area (Å²) in [6.07, 6.45) is 5.48. The highest BCUT2D eigenvalue weighted by atomic mass is 32.2. The summed E-state index contributed by atoms with van der Waals surface area (Å²) in [5.41, 5.74) is -0.476. The van der Waals surface area contributed by atoms with Gasteiger partial charge in [-0.1, -0.05) is 55.5 Å². The van der Waals surface area contributed by atoms with Crippen molar-refractivity contribution in [3.8, 4) is 11.6 Å². The van der Waals surface area contributed by atoms with E-state index in [1.807, 2.05) is 12.4 Å². The maximum Gasteiger partial charge on any atom is 0.414 e. The Balaban J connectivity index is 1.15. The number of carbonyl (C=O) groups is 4. The Kier molecular flexibility index (Phi) is 15.1. The second-order valence-electron chi connectivity index (χ2n) is 14.4. The lowest BCUT2D eigenvalue weighted by molar-refractivity contribution is -0.832. The number of rotatable bonds is 18. The number of allylic oxidation sites excluding steroid dienone is 4. The van der Waals surface area contributed by atoms with Crippen LogP contribution < -0.4 is 25.5 Å². The van der Waals surface area contributed by atoms with Gasteiger partial charge in [-0.25, -0.2) is 18.0 Å². The molecule has 334 valence electrons. The van der Waals surface area contributed by atoms with E-state index in [9.17, 15) is 37.6 Å². The molecule has 21 heteroatoms. The number of sulfone groups is 1. The van der Waals surface area contributed by atoms with Crippen molar-refractivity contribution in [3.05, 3.63) is 93.7 Å². The molecular formula is C41H47N3O17S. The summed E-state index contributed by atoms with van der Waals surface area (Å²) < 4.78 is 70.6. The number of hydrogen-bond donors (Lipinski definition) is 1. The molecule has 0 unspecified atom stereocenters. The summed E-state index contributed by atoms with van der Waals surface area (Å²) in [5, 5.41) is 14.5. The third kappa shape index (κ3) is 10.6. The first-order valence-corrected chi connectivity index (χ1v) is 20.9. The smallest absolute Gasteiger partial charge is 0.414 e. The minimum atomic E-state index is -4.34. The third-order valence-electron chi connectivity index (χ3n) is 10.00. The summed E-state index contributed by atoms with van der Waals surface area (Å²) in [4.78, 5) is 66.6. The van der Waals surface area contributed by atoms with E-state index >= 15 is 0 Å². The van der Waals surface area contributed by atoms with E-state index in [2.05, 4.69) is 9.79 Å². The molecule has 0 spiro atoms. The molecule has 2 aliphatic rings. The second kappa shape index (κ2) is 20.0. The van der Waals surface area contributed by atoms with Crippen LogP contribution in [0.25, 0.3) is 6.08 Å². The van der Waals surface area contributed by atoms with Gasteiger partial charge in [-0.05, 0) is 56.7 Å². The Labute approximate surface area is 355 Å². The largest absolute Gasteiger partial charge is 0.496 e. The molecule has 0 aliphatic carbocycles. The lowest BCUT2D eigenvalue weighted by atomic mass is 9.77. The second-order valence-corrected chi connectivity index (χ2v) is 16.3. The van der Waals surface area contributed by atoms with E-state index in [4.69, 9.17) is 37.7 Å². The molecule has 2 bridgehead atoms. The van der Waals surface area contributed by atoms with Crippen LogP contribution in [-0.4, -0.2) is 86.7 Å². The lowest BCUT2D eigenvalue weighted by Crippen LogP contribution is -2.66. The van der Waals surface area contributed by atoms with Gasteiger partial charge in [-0.3, -0.25) is 19.0 Å². The van der Waals surface area contributed by atoms with Crippen molar-refractivity contribution >= 4 is 39.7 Å². The number of amides is 1. The van der Waals surface area contributed by atoms with E-state index in [1.165, 1.54) is 44.4 Å². The van der Waals surface area contributed by atoms with Crippen LogP contribution in [-0.2, 0) is 52.8 Å². The number of carbonyl (C=O) groups excluding carboxylic acids is 4. The first-order chi connectivity index (χ1) is 29.4. The first-order valence-electron chi connectivity index (χ1n) is 19.4. The number of benzene rings is 1. The Bertz CT molecular complexity index is 2370. The number of nitrogens with one attached hydrogen (secondary N) is 1. The number of hydroxylamine groups is 1. The van der Waals surface area contributed by atoms with Crippen LogP contribution in [0.15, 0.2) is 90.5 Å². The van der Waals surface area contributed by atoms with Crippen molar-refractivity contribution in [1.82, 2.24) is 10.6 Å². The van der Waals surface area contributed by atoms with E-state index in [1.54, 1.807) is 63.3 Å². The van der Waals surface area contributed by atoms with Gasteiger partial charge in [0.25, 0.3) is 15.7 Å². The minimum Gasteiger partial charge on any atom is -0.496 e. The zero-order chi connectivity index (χ0) is 45.2. The maximum atomic E-state index is 13.3. The maximum absolute atomic E-state index is 13.3. The molecule has 62 heavy (non-hydrogen) atoms. The fourth-order valence-electron chi connectivity index (χ4n) is 7.10. The summed E-state index contributed by atoms with van der Waals surface area (Å²) in [7, 11) is -2.89. The van der Waals surface area contributed by atoms with Gasteiger partial charge in [0.1, 0.15) is 28.8 Å². The molecule has 0 saturated carbocycles. The van der Waals surface area contributed by atoms with Gasteiger partial charge in [0.15, 0.2) is 12.2 Å². The molecule has 2 saturated heterocycles. The van der Waals surface area contributed by atoms with Crippen molar-refractivity contribution in [3.63, 3.8) is 0 Å². The van der Waals surface area contributed by atoms with Crippen molar-refractivity contribution in [1.29, 1.82) is 0 Å². The average molecular weight is 886 g/mol. The molecule has 4 heterocycles. The number of methoxy groups -OCH3 is 1. The highest BCUT2D eigenvalue weighted by Crippen LogP contribution is 2.52. The summed E-state index contributed by atoms with van der Waals surface area (Å²) in [6, 6.07) is 8.34. The van der Waals surface area contributed by atoms with Crippen molar-refractivity contribution in [2.45, 2.75) is 112 Å². The normalized spacial score (nSPS) is 23.4. The number of nitrogens with zero attached hydrogens (tertiary/aromatic N) is 2. The SMILES string of the molecule is CC[C@H]1O[C@@]2(C)[C@H](OC(C)=O)[C@@]1(C)O[C@@H](/C=C/C=C/C=C/c1oc(=O)cc(OC)c1C)[C@@H]2OC(=O)CCC(=O)ONC(=O)CCCOc1no[n+]([O-])c1S(=O)(=O)c1ccccc1. The fourth-order valence-corrected chi connectivity index (χ4v) is 8.40. The van der Waals surface area contributed by atoms with Crippen molar-refractivity contribution in [2.24, 2.45) is 0 Å². The van der Waals surface area contributed by atoms with E-state index < -0.39 is 98.6 Å². The van der Waals surface area contributed by atoms with Crippen LogP contribution in [0.1, 0.15) is 71.1 Å². The van der Waals surface area contributed by atoms with Gasteiger partial charge < -0.3 is 42.9 Å². The molecule has 20 nitrogen and oxygen atoms in total. The van der Waals surface area contributed by atoms with Crippen molar-refractivity contribution < 1.29 is 74.8 Å². The number of esters is 2. The van der Waals surface area contributed by atoms with Gasteiger partial charge in [-0.15, -0.1) is 0 Å². The van der Waals surface area contributed by atoms with Gasteiger partial charge in [0.05, 0.1) is 48.8 Å². The van der Waals surface area contributed by atoms with Gasteiger partial charge >= 0.3 is 34.4 Å². The van der Waals surface area contributed by atoms with Crippen LogP contribution in [0.3, 0.4) is 0 Å². The van der Waals surface area contributed by atoms with Crippen molar-refractivity contribution in [2.75, 3.05) is 13.7 Å². The molecule has 1 N–H and O–H groups in total. The third-order valence-corrected chi connectivity index (χ3v) is 11.7. The van der Waals surface area contributed by atoms with E-state index in [0.29, 0.717) is 23.5 Å². The molecule has 2 aliphatic heterocycles. The molecular weight excluding hydrogens is 839 g/mol. The van der Waals surface area contributed by atoms with Crippen LogP contribution in [0, 0.1) is 12.1 Å². The Morgan fingerprint density at radius 2 is 1.69 bits per heavy atom. The predicted octanol–water partition coefficient (Wildman–Crippen LogP) is 3.32. The van der Waals surface area contributed by atoms with Crippen LogP contribution in [0.4, 0.5) is 0 Å². The monoisotopic (exact) mass is 885 g/mol. The predicted molar refractivity (Wildman–Crippen MR) is 211 cm³/mol. The zero-order valence-electron chi connectivity index (χ0n) is 34.7. The lowest BCUT2D eigenvalue weighted by Gasteiger charge is -2.48. The van der Waals surface area contributed by atoms with Crippen LogP contribution in [0.2, 0.25) is 0 Å². The van der Waals surface area contributed by atoms with E-state index in [-0.39, 0.29) is 29.2 Å². The van der Waals surface area contributed by atoms with Crippen LogP contribution in [0.5, 0.6) is 11.6 Å². The number of aromatic nitrogens is 2. The molecule has 3 aromatic rings. The molecule has 2 aromatic heterocycles. The first kappa shape index (κ1) is 46.7. The topological polar surface area (TPSA) is 262 Å². The van der Waals surface area contributed by atoms with Gasteiger partial charge in [-0.2, -0.15) is 5.48 Å². The molecule has 0 radical (unpaired) electrons. The number of hydrogen-bond acceptors (Lipinski definition) is 18. The molecule has 5 rings (SSSR count). The number of ether oxygens (including phenoxy) is 6. The molecule has 1 amide bonds. The highest BCUT2D eigenvalue weighted by molar-refractivity contribution is 7.91. The zero-order valence-corrected chi connectivity index (χ0v) is 35.5. The summed E-state index contributed by atoms with van der Waals surface area (Å²) in [5.74, 6) is -3.06. The summed E-state index contributed by atoms with van der Waals surface area (Å²) in [6.45, 7) is 8.01. The standard InChI is InChI=1S/C41H47N3O17S/c1-7-31-40(4)39(55-26(3)45)41(5,59-31)36(29(58-40)19-14-9-8-13-18-28-25(2)30(53-6)24-35(49)56-28)57-33(47)21-22-34(48)60-42-32(46)20-15-23-54-37-38(44(50)61-43-37)62(51,52)27-16-11-10-12-17-27/h8-14,16-19,24,29,31,36,39H,7,15,20-23H2,1-6H3,(H,42,46)/b9-8+,18-13+,19-14+/t29-,31+,36-,39+,40-,41+/m0/s1. The average Bonchev–Trinajstić information content (AvgIpc) is 3.69. The Hall–Kier alpha value is -6.32. The summed E-state index contributed by atoms with van der Waals surface area (Å²) >= 11 is 0. The van der Waals surface area contributed by atoms with Crippen LogP contribution >= 0.6 is 0 Å². The molecule has 2 fully saturated rings. The molecule has 6 atom stereocenters. The van der Waals surface area contributed by atoms with Gasteiger partial charge in [0.2, 0.25) is 0 Å². The quantitative estimate of drug-likeness (QED) is 0.0479. The Morgan fingerprint density at radius 3 is 2.39 bits per heavy atom. The number of fused-ring (bicyclic) bond motifs is 2. The van der Waals surface area contributed by atoms with Gasteiger partial charge in [0, 0.05) is 18.9 Å². The minimum absolute atomic E-state index is 0.0204. The fraction of sp³-hybridized carbons (Fsp3) is 0.439. The van der Waals surface area contributed by atoms with E-state index in [0.717, 1.165) is 0 Å². The highest BCUT2D eigenvalue weighted by Gasteiger charge is 2.71.